The average Bonchev–Trinajstić information content (AvgIpc) is 3.75. The summed E-state index contributed by atoms with van der Waals surface area (Å²) in [7, 11) is 0. The third-order valence-corrected chi connectivity index (χ3v) is 7.88. The van der Waals surface area contributed by atoms with Crippen LogP contribution in [-0.4, -0.2) is 62.1 Å². The van der Waals surface area contributed by atoms with Crippen LogP contribution < -0.4 is 9.80 Å². The van der Waals surface area contributed by atoms with Gasteiger partial charge in [0.15, 0.2) is 5.60 Å². The molecule has 1 saturated carbocycles. The monoisotopic (exact) mass is 542 g/mol. The van der Waals surface area contributed by atoms with Crippen molar-refractivity contribution >= 4 is 11.4 Å². The molecule has 2 aromatic heterocycles. The molecule has 6 rings (SSSR count). The second-order valence-electron chi connectivity index (χ2n) is 10.4. The Morgan fingerprint density at radius 2 is 1.48 bits per heavy atom. The fourth-order valence-corrected chi connectivity index (χ4v) is 5.35. The van der Waals surface area contributed by atoms with E-state index >= 15 is 8.78 Å². The topological polar surface area (TPSA) is 107 Å². The minimum absolute atomic E-state index is 0.412. The summed E-state index contributed by atoms with van der Waals surface area (Å²) < 4.78 is 32.4. The van der Waals surface area contributed by atoms with E-state index in [1.165, 1.54) is 18.6 Å². The van der Waals surface area contributed by atoms with Crippen LogP contribution in [-0.2, 0) is 12.5 Å². The van der Waals surface area contributed by atoms with E-state index in [4.69, 9.17) is 5.26 Å². The van der Waals surface area contributed by atoms with Crippen LogP contribution >= 0.6 is 0 Å². The van der Waals surface area contributed by atoms with Crippen LogP contribution in [0, 0.1) is 17.2 Å². The normalized spacial score (nSPS) is 17.4. The number of pyridine rings is 1. The molecule has 0 spiro atoms. The molecule has 2 fully saturated rings. The van der Waals surface area contributed by atoms with Gasteiger partial charge in [-0.25, -0.2) is 4.68 Å². The molecular weight excluding hydrogens is 514 g/mol. The van der Waals surface area contributed by atoms with Crippen molar-refractivity contribution in [3.8, 4) is 17.2 Å². The smallest absolute Gasteiger partial charge is 0.319 e. The first-order valence-electron chi connectivity index (χ1n) is 13.3. The first kappa shape index (κ1) is 25.8. The van der Waals surface area contributed by atoms with Crippen LogP contribution in [0.3, 0.4) is 0 Å². The minimum atomic E-state index is -3.58. The molecule has 1 unspecified atom stereocenters. The maximum absolute atomic E-state index is 15.6. The lowest BCUT2D eigenvalue weighted by Crippen LogP contribution is -2.51. The molecule has 1 N–H and O–H groups in total. The number of anilines is 2. The summed E-state index contributed by atoms with van der Waals surface area (Å²) in [5, 5.41) is 30.8. The summed E-state index contributed by atoms with van der Waals surface area (Å²) in [6, 6.07) is 20.7. The van der Waals surface area contributed by atoms with Gasteiger partial charge in [-0.2, -0.15) is 14.0 Å². The van der Waals surface area contributed by atoms with Gasteiger partial charge >= 0.3 is 5.92 Å². The molecule has 1 aliphatic carbocycles. The lowest BCUT2D eigenvalue weighted by atomic mass is 9.87. The summed E-state index contributed by atoms with van der Waals surface area (Å²) in [5.41, 5.74) is 1.64. The minimum Gasteiger partial charge on any atom is -0.381 e. The number of piperazine rings is 1. The van der Waals surface area contributed by atoms with Gasteiger partial charge in [-0.15, -0.1) is 5.10 Å². The van der Waals surface area contributed by atoms with Crippen molar-refractivity contribution in [2.75, 3.05) is 36.0 Å². The largest absolute Gasteiger partial charge is 0.381 e. The molecule has 9 nitrogen and oxygen atoms in total. The fourth-order valence-electron chi connectivity index (χ4n) is 5.35. The number of benzene rings is 2. The van der Waals surface area contributed by atoms with Crippen LogP contribution in [0.1, 0.15) is 24.1 Å². The molecule has 0 bridgehead atoms. The highest BCUT2D eigenvalue weighted by atomic mass is 19.3. The highest BCUT2D eigenvalue weighted by Crippen LogP contribution is 2.52. The third-order valence-electron chi connectivity index (χ3n) is 7.88. The predicted octanol–water partition coefficient (Wildman–Crippen LogP) is 3.87. The fraction of sp³-hybridized carbons (Fsp3) is 0.345. The van der Waals surface area contributed by atoms with Crippen molar-refractivity contribution in [2.24, 2.45) is 5.92 Å². The van der Waals surface area contributed by atoms with Crippen molar-refractivity contribution < 1.29 is 13.9 Å². The Labute approximate surface area is 230 Å². The molecule has 1 aliphatic heterocycles. The molecule has 11 heteroatoms. The van der Waals surface area contributed by atoms with Gasteiger partial charge in [0.05, 0.1) is 18.2 Å². The summed E-state index contributed by atoms with van der Waals surface area (Å²) in [4.78, 5) is 8.71. The lowest BCUT2D eigenvalue weighted by molar-refractivity contribution is -0.210. The van der Waals surface area contributed by atoms with Gasteiger partial charge in [-0.05, 0) is 77.2 Å². The van der Waals surface area contributed by atoms with E-state index in [0.717, 1.165) is 47.8 Å². The molecule has 1 atom stereocenters. The van der Waals surface area contributed by atoms with Crippen LogP contribution in [0.15, 0.2) is 73.2 Å². The molecule has 204 valence electrons. The van der Waals surface area contributed by atoms with Gasteiger partial charge in [0, 0.05) is 49.3 Å². The number of nitriles is 1. The van der Waals surface area contributed by atoms with E-state index in [2.05, 4.69) is 36.4 Å². The van der Waals surface area contributed by atoms with Crippen molar-refractivity contribution in [2.45, 2.75) is 30.9 Å². The van der Waals surface area contributed by atoms with Crippen LogP contribution in [0.2, 0.25) is 0 Å². The van der Waals surface area contributed by atoms with E-state index in [1.807, 2.05) is 48.5 Å². The quantitative estimate of drug-likeness (QED) is 0.358. The SMILES string of the molecule is N#Cc1ccc(N2CCN(c3ccc(-c4ccc(C(F)(F)C(O)(Cn5cnnn5)C5CC5)nc4)cc3)CC2)cc1. The first-order chi connectivity index (χ1) is 19.4. The number of hydrogen-bond acceptors (Lipinski definition) is 8. The summed E-state index contributed by atoms with van der Waals surface area (Å²) in [5.74, 6) is -4.13. The molecule has 2 aromatic carbocycles. The predicted molar refractivity (Wildman–Crippen MR) is 145 cm³/mol. The van der Waals surface area contributed by atoms with Crippen LogP contribution in [0.25, 0.3) is 11.1 Å². The molecular formula is C29H28F2N8O. The maximum Gasteiger partial charge on any atom is 0.319 e. The zero-order valence-electron chi connectivity index (χ0n) is 21.7. The Morgan fingerprint density at radius 3 is 1.98 bits per heavy atom. The molecule has 3 heterocycles. The Hall–Kier alpha value is -4.43. The number of hydrogen-bond donors (Lipinski definition) is 1. The second kappa shape index (κ2) is 10.3. The van der Waals surface area contributed by atoms with E-state index in [9.17, 15) is 5.11 Å². The molecule has 4 aromatic rings. The van der Waals surface area contributed by atoms with E-state index < -0.39 is 29.7 Å². The Morgan fingerprint density at radius 1 is 0.875 bits per heavy atom. The molecule has 0 radical (unpaired) electrons. The first-order valence-corrected chi connectivity index (χ1v) is 13.3. The van der Waals surface area contributed by atoms with E-state index in [1.54, 1.807) is 6.07 Å². The van der Waals surface area contributed by atoms with Crippen molar-refractivity contribution in [1.82, 2.24) is 25.2 Å². The third kappa shape index (κ3) is 4.86. The Kier molecular flexibility index (Phi) is 6.64. The standard InChI is InChI=1S/C29H28F2N8O/c30-29(31,28(40,24-6-7-24)19-39-20-34-35-36-39)27-12-5-23(18-33-27)22-3-10-26(11-4-22)38-15-13-37(14-16-38)25-8-1-21(17-32)2-9-25/h1-5,8-12,18,20,24,40H,6-7,13-16,19H2. The summed E-state index contributed by atoms with van der Waals surface area (Å²) in [6.45, 7) is 3.05. The number of alkyl halides is 2. The molecule has 1 saturated heterocycles. The van der Waals surface area contributed by atoms with E-state index in [0.29, 0.717) is 24.0 Å². The van der Waals surface area contributed by atoms with Gasteiger partial charge in [-0.3, -0.25) is 4.98 Å². The van der Waals surface area contributed by atoms with Crippen molar-refractivity contribution in [3.05, 3.63) is 84.4 Å². The number of aromatic nitrogens is 5. The van der Waals surface area contributed by atoms with Crippen LogP contribution in [0.5, 0.6) is 0 Å². The van der Waals surface area contributed by atoms with Gasteiger partial charge in [0.25, 0.3) is 0 Å². The van der Waals surface area contributed by atoms with E-state index in [-0.39, 0.29) is 0 Å². The number of halogens is 2. The number of tetrazole rings is 1. The maximum atomic E-state index is 15.6. The Bertz CT molecular complexity index is 1480. The van der Waals surface area contributed by atoms with Gasteiger partial charge in [-0.1, -0.05) is 18.2 Å². The molecule has 40 heavy (non-hydrogen) atoms. The second-order valence-corrected chi connectivity index (χ2v) is 10.4. The van der Waals surface area contributed by atoms with Crippen LogP contribution in [0.4, 0.5) is 20.2 Å². The van der Waals surface area contributed by atoms with Gasteiger partial charge < -0.3 is 14.9 Å². The molecule has 2 aliphatic rings. The molecule has 0 amide bonds. The van der Waals surface area contributed by atoms with Crippen molar-refractivity contribution in [3.63, 3.8) is 0 Å². The highest BCUT2D eigenvalue weighted by molar-refractivity contribution is 5.66. The highest BCUT2D eigenvalue weighted by Gasteiger charge is 2.62. The van der Waals surface area contributed by atoms with Crippen molar-refractivity contribution in [1.29, 1.82) is 5.26 Å². The number of aliphatic hydroxyl groups is 1. The van der Waals surface area contributed by atoms with Gasteiger partial charge in [0.2, 0.25) is 0 Å². The summed E-state index contributed by atoms with van der Waals surface area (Å²) >= 11 is 0. The number of nitrogens with zero attached hydrogens (tertiary/aromatic N) is 8. The zero-order valence-corrected chi connectivity index (χ0v) is 21.7. The Balaban J connectivity index is 1.12. The van der Waals surface area contributed by atoms with Gasteiger partial charge in [0.1, 0.15) is 12.0 Å². The summed E-state index contributed by atoms with van der Waals surface area (Å²) in [6.07, 6.45) is 3.68. The average molecular weight is 543 g/mol. The zero-order chi connectivity index (χ0) is 27.7. The lowest BCUT2D eigenvalue weighted by Gasteiger charge is -2.37. The number of rotatable bonds is 8.